The van der Waals surface area contributed by atoms with Gasteiger partial charge in [0.2, 0.25) is 0 Å². The molecule has 0 radical (unpaired) electrons. The third-order valence-corrected chi connectivity index (χ3v) is 5.97. The van der Waals surface area contributed by atoms with E-state index in [-0.39, 0.29) is 11.7 Å². The number of rotatable bonds is 10. The topological polar surface area (TPSA) is 63.6 Å². The van der Waals surface area contributed by atoms with Crippen LogP contribution in [0.1, 0.15) is 25.3 Å². The predicted octanol–water partition coefficient (Wildman–Crippen LogP) is 5.23. The molecule has 0 bridgehead atoms. The van der Waals surface area contributed by atoms with Gasteiger partial charge >= 0.3 is 0 Å². The third-order valence-electron chi connectivity index (χ3n) is 3.95. The maximum atomic E-state index is 12.1. The average molecular weight is 426 g/mol. The molecule has 2 aromatic carbocycles. The van der Waals surface area contributed by atoms with E-state index in [1.165, 1.54) is 23.1 Å². The first-order valence-corrected chi connectivity index (χ1v) is 11.3. The lowest BCUT2D eigenvalue weighted by Crippen LogP contribution is -2.19. The highest BCUT2D eigenvalue weighted by atomic mass is 32.2. The highest BCUT2D eigenvalue weighted by molar-refractivity contribution is 8.01. The third kappa shape index (κ3) is 6.73. The summed E-state index contributed by atoms with van der Waals surface area (Å²) in [6.45, 7) is 2.79. The second kappa shape index (κ2) is 11.4. The Kier molecular flexibility index (Phi) is 8.27. The molecule has 3 aromatic rings. The second-order valence-corrected chi connectivity index (χ2v) is 8.27. The van der Waals surface area contributed by atoms with Crippen molar-refractivity contribution < 1.29 is 9.53 Å². The SMILES string of the molecule is CCCCOc1ccccc1/C=N/NC(=O)CSc1nc(-c2ccccc2)cs1. The van der Waals surface area contributed by atoms with Gasteiger partial charge < -0.3 is 4.74 Å². The van der Waals surface area contributed by atoms with Crippen LogP contribution in [0.3, 0.4) is 0 Å². The van der Waals surface area contributed by atoms with Crippen molar-refractivity contribution in [2.45, 2.75) is 24.1 Å². The number of hydrogen-bond donors (Lipinski definition) is 1. The lowest BCUT2D eigenvalue weighted by atomic mass is 10.2. The predicted molar refractivity (Wildman–Crippen MR) is 121 cm³/mol. The zero-order chi connectivity index (χ0) is 20.3. The standard InChI is InChI=1S/C22H23N3O2S2/c1-2-3-13-27-20-12-8-7-11-18(20)14-23-25-21(26)16-29-22-24-19(15-28-22)17-9-5-4-6-10-17/h4-12,14-15H,2-3,13,16H2,1H3,(H,25,26)/b23-14+. The number of nitrogens with one attached hydrogen (secondary N) is 1. The fourth-order valence-corrected chi connectivity index (χ4v) is 4.07. The number of amides is 1. The number of benzene rings is 2. The van der Waals surface area contributed by atoms with E-state index in [9.17, 15) is 4.79 Å². The molecule has 0 unspecified atom stereocenters. The van der Waals surface area contributed by atoms with E-state index < -0.39 is 0 Å². The normalized spacial score (nSPS) is 10.9. The van der Waals surface area contributed by atoms with E-state index >= 15 is 0 Å². The number of carbonyl (C=O) groups excluding carboxylic acids is 1. The molecule has 150 valence electrons. The molecule has 0 saturated heterocycles. The number of thioether (sulfide) groups is 1. The maximum absolute atomic E-state index is 12.1. The van der Waals surface area contributed by atoms with Crippen molar-refractivity contribution in [1.82, 2.24) is 10.4 Å². The van der Waals surface area contributed by atoms with E-state index in [0.29, 0.717) is 6.61 Å². The van der Waals surface area contributed by atoms with Crippen LogP contribution in [-0.4, -0.2) is 29.5 Å². The van der Waals surface area contributed by atoms with Crippen LogP contribution in [0.15, 0.2) is 69.4 Å². The Hall–Kier alpha value is -2.64. The Morgan fingerprint density at radius 2 is 2.00 bits per heavy atom. The molecule has 0 aliphatic carbocycles. The number of unbranched alkanes of at least 4 members (excludes halogenated alkanes) is 1. The lowest BCUT2D eigenvalue weighted by Gasteiger charge is -2.07. The van der Waals surface area contributed by atoms with Gasteiger partial charge in [-0.25, -0.2) is 10.4 Å². The average Bonchev–Trinajstić information content (AvgIpc) is 3.23. The number of nitrogens with zero attached hydrogens (tertiary/aromatic N) is 2. The highest BCUT2D eigenvalue weighted by Gasteiger charge is 2.08. The number of aromatic nitrogens is 1. The van der Waals surface area contributed by atoms with Crippen molar-refractivity contribution in [3.8, 4) is 17.0 Å². The Balaban J connectivity index is 1.48. The molecule has 0 spiro atoms. The Labute approximate surface area is 179 Å². The first kappa shape index (κ1) is 21.1. The monoisotopic (exact) mass is 425 g/mol. The summed E-state index contributed by atoms with van der Waals surface area (Å²) in [6, 6.07) is 17.6. The zero-order valence-corrected chi connectivity index (χ0v) is 17.8. The zero-order valence-electron chi connectivity index (χ0n) is 16.2. The summed E-state index contributed by atoms with van der Waals surface area (Å²) in [5, 5.41) is 6.06. The van der Waals surface area contributed by atoms with Crippen molar-refractivity contribution in [2.24, 2.45) is 5.10 Å². The van der Waals surface area contributed by atoms with Crippen molar-refractivity contribution >= 4 is 35.2 Å². The smallest absolute Gasteiger partial charge is 0.250 e. The lowest BCUT2D eigenvalue weighted by molar-refractivity contribution is -0.118. The fraction of sp³-hybridized carbons (Fsp3) is 0.227. The van der Waals surface area contributed by atoms with Crippen LogP contribution in [0.5, 0.6) is 5.75 Å². The minimum absolute atomic E-state index is 0.174. The molecule has 1 N–H and O–H groups in total. The van der Waals surface area contributed by atoms with Crippen LogP contribution in [0.4, 0.5) is 0 Å². The summed E-state index contributed by atoms with van der Waals surface area (Å²) in [5.41, 5.74) is 5.40. The van der Waals surface area contributed by atoms with Crippen molar-refractivity contribution in [2.75, 3.05) is 12.4 Å². The van der Waals surface area contributed by atoms with E-state index in [0.717, 1.165) is 39.8 Å². The molecule has 1 amide bonds. The van der Waals surface area contributed by atoms with Gasteiger partial charge in [0.15, 0.2) is 4.34 Å². The van der Waals surface area contributed by atoms with Crippen LogP contribution >= 0.6 is 23.1 Å². The van der Waals surface area contributed by atoms with Crippen molar-refractivity contribution in [3.63, 3.8) is 0 Å². The van der Waals surface area contributed by atoms with Gasteiger partial charge in [-0.05, 0) is 18.6 Å². The minimum Gasteiger partial charge on any atom is -0.493 e. The van der Waals surface area contributed by atoms with Gasteiger partial charge in [0, 0.05) is 16.5 Å². The summed E-state index contributed by atoms with van der Waals surface area (Å²) in [7, 11) is 0. The molecule has 7 heteroatoms. The van der Waals surface area contributed by atoms with Crippen LogP contribution in [0.25, 0.3) is 11.3 Å². The van der Waals surface area contributed by atoms with E-state index in [4.69, 9.17) is 4.74 Å². The molecule has 0 aliphatic rings. The first-order chi connectivity index (χ1) is 14.3. The molecule has 3 rings (SSSR count). The number of hydrogen-bond acceptors (Lipinski definition) is 6. The molecular weight excluding hydrogens is 402 g/mol. The van der Waals surface area contributed by atoms with E-state index in [1.807, 2.05) is 60.0 Å². The van der Waals surface area contributed by atoms with Gasteiger partial charge in [-0.2, -0.15) is 5.10 Å². The molecule has 0 atom stereocenters. The van der Waals surface area contributed by atoms with Gasteiger partial charge in [0.05, 0.1) is 24.3 Å². The molecular formula is C22H23N3O2S2. The molecule has 1 aromatic heterocycles. The van der Waals surface area contributed by atoms with Gasteiger partial charge in [-0.15, -0.1) is 11.3 Å². The van der Waals surface area contributed by atoms with Crippen LogP contribution in [0.2, 0.25) is 0 Å². The number of ether oxygens (including phenoxy) is 1. The van der Waals surface area contributed by atoms with Crippen LogP contribution in [-0.2, 0) is 4.79 Å². The van der Waals surface area contributed by atoms with Gasteiger partial charge in [-0.3, -0.25) is 4.79 Å². The van der Waals surface area contributed by atoms with Crippen LogP contribution < -0.4 is 10.2 Å². The van der Waals surface area contributed by atoms with Crippen molar-refractivity contribution in [3.05, 3.63) is 65.5 Å². The fourth-order valence-electron chi connectivity index (χ4n) is 2.44. The first-order valence-electron chi connectivity index (χ1n) is 9.43. The van der Waals surface area contributed by atoms with E-state index in [2.05, 4.69) is 22.4 Å². The Morgan fingerprint density at radius 3 is 2.83 bits per heavy atom. The number of carbonyl (C=O) groups is 1. The quantitative estimate of drug-likeness (QED) is 0.209. The molecule has 0 saturated carbocycles. The largest absolute Gasteiger partial charge is 0.493 e. The maximum Gasteiger partial charge on any atom is 0.250 e. The summed E-state index contributed by atoms with van der Waals surface area (Å²) >= 11 is 2.94. The summed E-state index contributed by atoms with van der Waals surface area (Å²) in [5.74, 6) is 0.852. The van der Waals surface area contributed by atoms with Crippen molar-refractivity contribution in [1.29, 1.82) is 0 Å². The van der Waals surface area contributed by atoms with Crippen LogP contribution in [0, 0.1) is 0 Å². The Bertz CT molecular complexity index is 942. The number of hydrazone groups is 1. The Morgan fingerprint density at radius 1 is 1.21 bits per heavy atom. The number of thiazole rings is 1. The highest BCUT2D eigenvalue weighted by Crippen LogP contribution is 2.27. The second-order valence-electron chi connectivity index (χ2n) is 6.19. The molecule has 5 nitrogen and oxygen atoms in total. The molecule has 0 fully saturated rings. The molecule has 1 heterocycles. The van der Waals surface area contributed by atoms with Gasteiger partial charge in [-0.1, -0.05) is 67.6 Å². The van der Waals surface area contributed by atoms with Gasteiger partial charge in [0.1, 0.15) is 5.75 Å². The summed E-state index contributed by atoms with van der Waals surface area (Å²) in [4.78, 5) is 16.7. The molecule has 29 heavy (non-hydrogen) atoms. The van der Waals surface area contributed by atoms with E-state index in [1.54, 1.807) is 6.21 Å². The number of para-hydroxylation sites is 1. The summed E-state index contributed by atoms with van der Waals surface area (Å²) in [6.07, 6.45) is 3.69. The summed E-state index contributed by atoms with van der Waals surface area (Å²) < 4.78 is 6.62. The molecule has 0 aliphatic heterocycles. The minimum atomic E-state index is -0.174. The van der Waals surface area contributed by atoms with Gasteiger partial charge in [0.25, 0.3) is 5.91 Å².